The van der Waals surface area contributed by atoms with Crippen molar-refractivity contribution in [1.82, 2.24) is 14.8 Å². The number of pyridine rings is 1. The average molecular weight is 580 g/mol. The van der Waals surface area contributed by atoms with E-state index in [0.717, 1.165) is 0 Å². The maximum Gasteiger partial charge on any atom is 0.387 e. The number of hydrogen-bond donors (Lipinski definition) is 2. The molecular formula is C29H24F3N5O5. The molecule has 0 saturated heterocycles. The lowest BCUT2D eigenvalue weighted by molar-refractivity contribution is -0.0498. The number of halogens is 3. The Bertz CT molecular complexity index is 1740. The van der Waals surface area contributed by atoms with Gasteiger partial charge in [-0.25, -0.2) is 4.39 Å². The number of rotatable bonds is 10. The van der Waals surface area contributed by atoms with Gasteiger partial charge in [-0.15, -0.1) is 0 Å². The molecule has 0 atom stereocenters. The molecule has 0 aliphatic heterocycles. The minimum atomic E-state index is -2.95. The van der Waals surface area contributed by atoms with Crippen molar-refractivity contribution in [2.75, 3.05) is 24.9 Å². The van der Waals surface area contributed by atoms with Gasteiger partial charge in [0.2, 0.25) is 0 Å². The van der Waals surface area contributed by atoms with E-state index >= 15 is 4.39 Å². The van der Waals surface area contributed by atoms with E-state index < -0.39 is 18.3 Å². The third-order valence-electron chi connectivity index (χ3n) is 6.03. The molecule has 5 rings (SSSR count). The van der Waals surface area contributed by atoms with Crippen LogP contribution in [0, 0.1) is 5.82 Å². The molecule has 2 aromatic heterocycles. The molecule has 2 heterocycles. The van der Waals surface area contributed by atoms with Crippen LogP contribution in [0.25, 0.3) is 10.9 Å². The molecule has 42 heavy (non-hydrogen) atoms. The van der Waals surface area contributed by atoms with E-state index in [1.165, 1.54) is 67.7 Å². The van der Waals surface area contributed by atoms with Crippen LogP contribution in [0.1, 0.15) is 10.4 Å². The van der Waals surface area contributed by atoms with Gasteiger partial charge in [-0.2, -0.15) is 13.9 Å². The van der Waals surface area contributed by atoms with Crippen LogP contribution in [-0.4, -0.2) is 41.5 Å². The predicted molar refractivity (Wildman–Crippen MR) is 149 cm³/mol. The quantitative estimate of drug-likeness (QED) is 0.193. The summed E-state index contributed by atoms with van der Waals surface area (Å²) in [7, 11) is 4.65. The van der Waals surface area contributed by atoms with Crippen molar-refractivity contribution in [3.63, 3.8) is 0 Å². The van der Waals surface area contributed by atoms with E-state index in [1.54, 1.807) is 31.3 Å². The Labute approximate surface area is 237 Å². The van der Waals surface area contributed by atoms with Crippen LogP contribution >= 0.6 is 0 Å². The molecule has 2 N–H and O–H groups in total. The second-order valence-electron chi connectivity index (χ2n) is 8.83. The predicted octanol–water partition coefficient (Wildman–Crippen LogP) is 6.51. The SMILES string of the molecule is COc1cc2nccc(Oc3ccc(Nc4nn(C)cc4C(=O)Nc4ccc(OC(F)F)cc4)cc3F)c2cc1OC. The zero-order valence-corrected chi connectivity index (χ0v) is 22.5. The van der Waals surface area contributed by atoms with Gasteiger partial charge in [-0.1, -0.05) is 0 Å². The van der Waals surface area contributed by atoms with Gasteiger partial charge in [0.05, 0.1) is 19.7 Å². The molecule has 0 radical (unpaired) electrons. The van der Waals surface area contributed by atoms with E-state index in [2.05, 4.69) is 25.5 Å². The lowest BCUT2D eigenvalue weighted by Crippen LogP contribution is -2.13. The van der Waals surface area contributed by atoms with Crippen molar-refractivity contribution in [3.8, 4) is 28.7 Å². The number of aryl methyl sites for hydroxylation is 1. The molecule has 5 aromatic rings. The fourth-order valence-corrected chi connectivity index (χ4v) is 4.12. The largest absolute Gasteiger partial charge is 0.493 e. The van der Waals surface area contributed by atoms with Crippen LogP contribution in [0.2, 0.25) is 0 Å². The first-order chi connectivity index (χ1) is 20.2. The number of ether oxygens (including phenoxy) is 4. The number of carbonyl (C=O) groups is 1. The third kappa shape index (κ3) is 6.14. The summed E-state index contributed by atoms with van der Waals surface area (Å²) in [6.07, 6.45) is 3.02. The summed E-state index contributed by atoms with van der Waals surface area (Å²) in [5.74, 6) is 0.218. The lowest BCUT2D eigenvalue weighted by Gasteiger charge is -2.13. The summed E-state index contributed by atoms with van der Waals surface area (Å²) in [6, 6.07) is 14.7. The van der Waals surface area contributed by atoms with Gasteiger partial charge in [0.25, 0.3) is 5.91 Å². The Morgan fingerprint density at radius 2 is 1.62 bits per heavy atom. The van der Waals surface area contributed by atoms with Crippen molar-refractivity contribution in [2.24, 2.45) is 7.05 Å². The van der Waals surface area contributed by atoms with Crippen LogP contribution < -0.4 is 29.6 Å². The normalized spacial score (nSPS) is 10.9. The number of benzene rings is 3. The number of anilines is 3. The van der Waals surface area contributed by atoms with Crippen LogP contribution in [0.5, 0.6) is 28.7 Å². The third-order valence-corrected chi connectivity index (χ3v) is 6.03. The Kier molecular flexibility index (Phi) is 8.00. The fourth-order valence-electron chi connectivity index (χ4n) is 4.12. The number of hydrogen-bond acceptors (Lipinski definition) is 8. The summed E-state index contributed by atoms with van der Waals surface area (Å²) < 4.78 is 62.3. The van der Waals surface area contributed by atoms with E-state index in [-0.39, 0.29) is 22.9 Å². The molecule has 0 aliphatic carbocycles. The van der Waals surface area contributed by atoms with Crippen molar-refractivity contribution in [3.05, 3.63) is 84.4 Å². The first-order valence-corrected chi connectivity index (χ1v) is 12.4. The summed E-state index contributed by atoms with van der Waals surface area (Å²) in [5, 5.41) is 10.5. The molecule has 3 aromatic carbocycles. The maximum atomic E-state index is 15.2. The topological polar surface area (TPSA) is 109 Å². The number of methoxy groups -OCH3 is 2. The summed E-state index contributed by atoms with van der Waals surface area (Å²) in [6.45, 7) is -2.95. The van der Waals surface area contributed by atoms with Gasteiger partial charge in [-0.05, 0) is 48.5 Å². The van der Waals surface area contributed by atoms with Crippen LogP contribution in [0.3, 0.4) is 0 Å². The molecule has 13 heteroatoms. The van der Waals surface area contributed by atoms with Gasteiger partial charge < -0.3 is 29.6 Å². The number of fused-ring (bicyclic) bond motifs is 1. The minimum Gasteiger partial charge on any atom is -0.493 e. The number of nitrogens with one attached hydrogen (secondary N) is 2. The highest BCUT2D eigenvalue weighted by atomic mass is 19.3. The molecule has 216 valence electrons. The van der Waals surface area contributed by atoms with Gasteiger partial charge in [0.15, 0.2) is 28.9 Å². The van der Waals surface area contributed by atoms with Crippen LogP contribution in [0.15, 0.2) is 73.1 Å². The van der Waals surface area contributed by atoms with E-state index in [4.69, 9.17) is 14.2 Å². The Morgan fingerprint density at radius 1 is 0.905 bits per heavy atom. The fraction of sp³-hybridized carbons (Fsp3) is 0.138. The monoisotopic (exact) mass is 579 g/mol. The first-order valence-electron chi connectivity index (χ1n) is 12.4. The van der Waals surface area contributed by atoms with Crippen molar-refractivity contribution < 1.29 is 36.9 Å². The smallest absolute Gasteiger partial charge is 0.387 e. The molecule has 10 nitrogen and oxygen atoms in total. The zero-order chi connectivity index (χ0) is 29.8. The van der Waals surface area contributed by atoms with Crippen molar-refractivity contribution >= 4 is 34.0 Å². The van der Waals surface area contributed by atoms with Gasteiger partial charge in [-0.3, -0.25) is 14.5 Å². The highest BCUT2D eigenvalue weighted by Crippen LogP contribution is 2.37. The van der Waals surface area contributed by atoms with E-state index in [9.17, 15) is 13.6 Å². The number of amides is 1. The minimum absolute atomic E-state index is 0.0407. The Hall–Kier alpha value is -5.46. The van der Waals surface area contributed by atoms with Crippen LogP contribution in [-0.2, 0) is 7.05 Å². The second-order valence-corrected chi connectivity index (χ2v) is 8.83. The lowest BCUT2D eigenvalue weighted by atomic mass is 10.1. The highest BCUT2D eigenvalue weighted by molar-refractivity contribution is 6.07. The molecule has 0 fully saturated rings. The zero-order valence-electron chi connectivity index (χ0n) is 22.5. The molecular weight excluding hydrogens is 555 g/mol. The summed E-state index contributed by atoms with van der Waals surface area (Å²) >= 11 is 0. The second kappa shape index (κ2) is 12.0. The average Bonchev–Trinajstić information content (AvgIpc) is 3.34. The molecule has 0 unspecified atom stereocenters. The highest BCUT2D eigenvalue weighted by Gasteiger charge is 2.18. The van der Waals surface area contributed by atoms with Crippen molar-refractivity contribution in [2.45, 2.75) is 6.61 Å². The van der Waals surface area contributed by atoms with Gasteiger partial charge in [0.1, 0.15) is 17.1 Å². The van der Waals surface area contributed by atoms with Crippen LogP contribution in [0.4, 0.5) is 30.4 Å². The molecule has 0 spiro atoms. The van der Waals surface area contributed by atoms with Gasteiger partial charge >= 0.3 is 6.61 Å². The van der Waals surface area contributed by atoms with Gasteiger partial charge in [0, 0.05) is 48.3 Å². The Balaban J connectivity index is 1.33. The summed E-state index contributed by atoms with van der Waals surface area (Å²) in [4.78, 5) is 17.3. The first kappa shape index (κ1) is 28.1. The Morgan fingerprint density at radius 3 is 2.31 bits per heavy atom. The molecule has 0 saturated carbocycles. The van der Waals surface area contributed by atoms with Crippen molar-refractivity contribution in [1.29, 1.82) is 0 Å². The van der Waals surface area contributed by atoms with E-state index in [1.807, 2.05) is 0 Å². The molecule has 0 aliphatic rings. The van der Waals surface area contributed by atoms with E-state index in [0.29, 0.717) is 39.5 Å². The molecule has 0 bridgehead atoms. The number of aromatic nitrogens is 3. The standard InChI is InChI=1S/C29H24F3N5O5/c1-37-15-20(28(38)35-16-4-7-18(8-5-16)41-29(31)32)27(36-37)34-17-6-9-24(21(30)12-17)42-23-10-11-33-22-14-26(40-3)25(39-2)13-19(22)23/h4-15,29H,1-3H3,(H,34,36)(H,35,38). The number of nitrogens with zero attached hydrogens (tertiary/aromatic N) is 3. The number of alkyl halides is 2. The molecule has 1 amide bonds. The summed E-state index contributed by atoms with van der Waals surface area (Å²) in [5.41, 5.74) is 1.40. The number of carbonyl (C=O) groups excluding carboxylic acids is 1. The maximum absolute atomic E-state index is 15.2.